The number of carbonyl (C=O) groups excluding carboxylic acids is 3. The summed E-state index contributed by atoms with van der Waals surface area (Å²) in [7, 11) is 1.42. The normalized spacial score (nSPS) is 13.0. The first-order valence-electron chi connectivity index (χ1n) is 17.1. The van der Waals surface area contributed by atoms with E-state index in [9.17, 15) is 14.4 Å². The smallest absolute Gasteiger partial charge is 0.278 e. The third kappa shape index (κ3) is 10.3. The van der Waals surface area contributed by atoms with E-state index in [1.54, 1.807) is 26.8 Å². The topological polar surface area (TPSA) is 106 Å². The lowest BCUT2D eigenvalue weighted by Gasteiger charge is -2.31. The fourth-order valence-corrected chi connectivity index (χ4v) is 5.85. The summed E-state index contributed by atoms with van der Waals surface area (Å²) in [4.78, 5) is 45.1. The zero-order valence-electron chi connectivity index (χ0n) is 31.4. The van der Waals surface area contributed by atoms with Crippen LogP contribution in [-0.4, -0.2) is 36.5 Å². The molecule has 0 bridgehead atoms. The number of carbonyl (C=O) groups is 3. The fourth-order valence-electron chi connectivity index (χ4n) is 5.05. The molecule has 0 spiro atoms. The van der Waals surface area contributed by atoms with Crippen LogP contribution in [0.1, 0.15) is 99.6 Å². The summed E-state index contributed by atoms with van der Waals surface area (Å²) in [6.45, 7) is 20.0. The second-order valence-corrected chi connectivity index (χ2v) is 16.0. The van der Waals surface area contributed by atoms with E-state index in [2.05, 4.69) is 69.3 Å². The van der Waals surface area contributed by atoms with Crippen molar-refractivity contribution in [3.05, 3.63) is 74.7 Å². The molecule has 276 valence electrons. The van der Waals surface area contributed by atoms with Crippen LogP contribution in [0.3, 0.4) is 0 Å². The minimum Gasteiger partial charge on any atom is -0.494 e. The number of ketones is 1. The summed E-state index contributed by atoms with van der Waals surface area (Å²) >= 11 is 19.1. The molecular formula is C40H50Cl3N3O5. The second-order valence-electron chi connectivity index (χ2n) is 14.8. The number of halogens is 3. The Morgan fingerprint density at radius 1 is 0.784 bits per heavy atom. The summed E-state index contributed by atoms with van der Waals surface area (Å²) in [6.07, 6.45) is 1.47. The van der Waals surface area contributed by atoms with Gasteiger partial charge in [-0.15, -0.1) is 0 Å². The van der Waals surface area contributed by atoms with Crippen molar-refractivity contribution in [1.29, 1.82) is 0 Å². The highest BCUT2D eigenvalue weighted by molar-refractivity contribution is 6.68. The number of hydrogen-bond acceptors (Lipinski definition) is 6. The van der Waals surface area contributed by atoms with E-state index < -0.39 is 23.2 Å². The van der Waals surface area contributed by atoms with Crippen molar-refractivity contribution in [2.75, 3.05) is 17.7 Å². The average Bonchev–Trinajstić information content (AvgIpc) is 3.06. The van der Waals surface area contributed by atoms with Gasteiger partial charge in [0.25, 0.3) is 11.8 Å². The lowest BCUT2D eigenvalue weighted by Crippen LogP contribution is -2.37. The average molecular weight is 759 g/mol. The highest BCUT2D eigenvalue weighted by Gasteiger charge is 2.32. The lowest BCUT2D eigenvalue weighted by atomic mass is 9.76. The van der Waals surface area contributed by atoms with Crippen LogP contribution in [0.5, 0.6) is 11.5 Å². The molecule has 0 aliphatic heterocycles. The summed E-state index contributed by atoms with van der Waals surface area (Å²) in [5.74, 6) is -0.791. The summed E-state index contributed by atoms with van der Waals surface area (Å²) in [5, 5.41) is 6.10. The van der Waals surface area contributed by atoms with Crippen LogP contribution < -0.4 is 20.1 Å². The first kappa shape index (κ1) is 41.8. The maximum absolute atomic E-state index is 13.7. The van der Waals surface area contributed by atoms with E-state index in [0.29, 0.717) is 17.9 Å². The molecule has 3 aromatic rings. The van der Waals surface area contributed by atoms with Gasteiger partial charge in [-0.2, -0.15) is 0 Å². The molecule has 0 aliphatic rings. The Morgan fingerprint density at radius 3 is 1.92 bits per heavy atom. The number of nitrogens with one attached hydrogen (secondary N) is 2. The molecule has 0 aromatic heterocycles. The quantitative estimate of drug-likeness (QED) is 0.126. The molecule has 51 heavy (non-hydrogen) atoms. The zero-order chi connectivity index (χ0) is 38.5. The van der Waals surface area contributed by atoms with Gasteiger partial charge in [-0.25, -0.2) is 4.99 Å². The minimum absolute atomic E-state index is 0.00980. The number of nitrogens with zero attached hydrogens (tertiary/aromatic N) is 1. The van der Waals surface area contributed by atoms with Crippen molar-refractivity contribution in [1.82, 2.24) is 0 Å². The SMILES string of the molecule is CCC(Oc1ccc(C(C)(C)CC)cc1C(C)(C)CC)C(=O)Nc1ccc(Cl)c(NC(=O)C(=Nc2cc(Cl)c(OC)c(Cl)c2)C(=O)C(C)(C)C)c1. The van der Waals surface area contributed by atoms with Gasteiger partial charge in [0.1, 0.15) is 5.75 Å². The van der Waals surface area contributed by atoms with Crippen LogP contribution in [0.15, 0.2) is 53.5 Å². The van der Waals surface area contributed by atoms with Gasteiger partial charge in [-0.1, -0.05) is 116 Å². The van der Waals surface area contributed by atoms with Crippen LogP contribution in [0.4, 0.5) is 17.1 Å². The van der Waals surface area contributed by atoms with Gasteiger partial charge in [-0.05, 0) is 72.1 Å². The molecule has 1 unspecified atom stereocenters. The first-order chi connectivity index (χ1) is 23.7. The molecule has 1 atom stereocenters. The Hall–Kier alpha value is -3.59. The molecule has 0 aliphatic carbocycles. The minimum atomic E-state index is -0.955. The fraction of sp³-hybridized carbons (Fsp3) is 0.450. The molecule has 2 amide bonds. The molecule has 0 radical (unpaired) electrons. The molecule has 0 saturated heterocycles. The third-order valence-electron chi connectivity index (χ3n) is 9.21. The Balaban J connectivity index is 1.92. The number of methoxy groups -OCH3 is 1. The molecule has 11 heteroatoms. The molecular weight excluding hydrogens is 709 g/mol. The maximum Gasteiger partial charge on any atom is 0.278 e. The number of Topliss-reactive ketones (excluding diaryl/α,β-unsaturated/α-hetero) is 1. The van der Waals surface area contributed by atoms with E-state index in [1.165, 1.54) is 36.9 Å². The monoisotopic (exact) mass is 757 g/mol. The Labute approximate surface area is 317 Å². The molecule has 8 nitrogen and oxygen atoms in total. The van der Waals surface area contributed by atoms with Crippen molar-refractivity contribution < 1.29 is 23.9 Å². The summed E-state index contributed by atoms with van der Waals surface area (Å²) in [5.41, 5.74) is 1.44. The van der Waals surface area contributed by atoms with Gasteiger partial charge in [-0.3, -0.25) is 14.4 Å². The molecule has 0 fully saturated rings. The van der Waals surface area contributed by atoms with Crippen LogP contribution in [-0.2, 0) is 25.2 Å². The molecule has 2 N–H and O–H groups in total. The molecule has 3 aromatic carbocycles. The number of benzene rings is 3. The van der Waals surface area contributed by atoms with Gasteiger partial charge >= 0.3 is 0 Å². The predicted octanol–water partition coefficient (Wildman–Crippen LogP) is 11.2. The lowest BCUT2D eigenvalue weighted by molar-refractivity contribution is -0.123. The van der Waals surface area contributed by atoms with Crippen LogP contribution in [0.2, 0.25) is 15.1 Å². The van der Waals surface area contributed by atoms with Gasteiger partial charge in [0.15, 0.2) is 23.3 Å². The number of rotatable bonds is 14. The number of amides is 2. The Bertz CT molecular complexity index is 1790. The van der Waals surface area contributed by atoms with Crippen molar-refractivity contribution in [2.45, 2.75) is 105 Å². The van der Waals surface area contributed by atoms with Crippen molar-refractivity contribution >= 4 is 75.2 Å². The van der Waals surface area contributed by atoms with Crippen molar-refractivity contribution in [3.63, 3.8) is 0 Å². The van der Waals surface area contributed by atoms with E-state index in [-0.39, 0.29) is 54.6 Å². The van der Waals surface area contributed by atoms with Crippen LogP contribution >= 0.6 is 34.8 Å². The standard InChI is InChI=1S/C40H50Cl3N3O5/c1-12-31(51-32-18-15-23(39(7,8)13-2)19-26(32)40(9,10)14-3)36(48)45-24-16-17-27(41)30(22-24)46-37(49)33(35(47)38(4,5)6)44-25-20-28(42)34(50-11)29(43)21-25/h15-22,31H,12-14H2,1-11H3,(H,45,48)(H,46,49). The summed E-state index contributed by atoms with van der Waals surface area (Å²) in [6, 6.07) is 13.8. The number of hydrogen-bond donors (Lipinski definition) is 2. The molecule has 0 heterocycles. The van der Waals surface area contributed by atoms with Gasteiger partial charge in [0.2, 0.25) is 0 Å². The van der Waals surface area contributed by atoms with E-state index in [1.807, 2.05) is 13.0 Å². The van der Waals surface area contributed by atoms with Gasteiger partial charge in [0.05, 0.1) is 33.6 Å². The highest BCUT2D eigenvalue weighted by atomic mass is 35.5. The van der Waals surface area contributed by atoms with E-state index in [4.69, 9.17) is 44.3 Å². The number of ether oxygens (including phenoxy) is 2. The Kier molecular flexibility index (Phi) is 13.8. The molecule has 3 rings (SSSR count). The maximum atomic E-state index is 13.7. The van der Waals surface area contributed by atoms with E-state index in [0.717, 1.165) is 18.4 Å². The second kappa shape index (κ2) is 16.8. The Morgan fingerprint density at radius 2 is 1.39 bits per heavy atom. The van der Waals surface area contributed by atoms with Crippen LogP contribution in [0.25, 0.3) is 0 Å². The van der Waals surface area contributed by atoms with Crippen molar-refractivity contribution in [2.24, 2.45) is 10.4 Å². The zero-order valence-corrected chi connectivity index (χ0v) is 33.7. The summed E-state index contributed by atoms with van der Waals surface area (Å²) < 4.78 is 11.6. The van der Waals surface area contributed by atoms with E-state index >= 15 is 0 Å². The molecule has 0 saturated carbocycles. The van der Waals surface area contributed by atoms with Gasteiger partial charge < -0.3 is 20.1 Å². The first-order valence-corrected chi connectivity index (χ1v) is 18.2. The third-order valence-corrected chi connectivity index (χ3v) is 10.1. The number of anilines is 2. The highest BCUT2D eigenvalue weighted by Crippen LogP contribution is 2.40. The predicted molar refractivity (Wildman–Crippen MR) is 211 cm³/mol. The number of aliphatic imine (C=N–C) groups is 1. The van der Waals surface area contributed by atoms with Crippen LogP contribution in [0, 0.1) is 5.41 Å². The van der Waals surface area contributed by atoms with Gasteiger partial charge in [0, 0.05) is 16.7 Å². The van der Waals surface area contributed by atoms with Crippen molar-refractivity contribution in [3.8, 4) is 11.5 Å². The largest absolute Gasteiger partial charge is 0.494 e.